The summed E-state index contributed by atoms with van der Waals surface area (Å²) in [6.07, 6.45) is 0.440. The monoisotopic (exact) mass is 214 g/mol. The minimum Gasteiger partial charge on any atom is -0.316 e. The molecule has 0 aromatic heterocycles. The summed E-state index contributed by atoms with van der Waals surface area (Å²) in [5, 5.41) is 0. The van der Waals surface area contributed by atoms with Gasteiger partial charge in [0.2, 0.25) is 0 Å². The molecule has 1 aromatic rings. The van der Waals surface area contributed by atoms with Crippen LogP contribution in [-0.2, 0) is 6.42 Å². The molecule has 0 radical (unpaired) electrons. The van der Waals surface area contributed by atoms with Gasteiger partial charge in [0.25, 0.3) is 0 Å². The molecule has 0 aliphatic heterocycles. The van der Waals surface area contributed by atoms with Crippen LogP contribution in [0.5, 0.6) is 0 Å². The molecule has 0 atom stereocenters. The molecule has 60 valence electrons. The highest BCUT2D eigenvalue weighted by molar-refractivity contribution is 9.10. The van der Waals surface area contributed by atoms with Gasteiger partial charge in [-0.2, -0.15) is 0 Å². The lowest BCUT2D eigenvalue weighted by molar-refractivity contribution is 0.701. The van der Waals surface area contributed by atoms with E-state index >= 15 is 0 Å². The first-order chi connectivity index (χ1) is 5.20. The van der Waals surface area contributed by atoms with Crippen LogP contribution in [0.4, 0.5) is 0 Å². The van der Waals surface area contributed by atoms with E-state index in [0.29, 0.717) is 6.42 Å². The van der Waals surface area contributed by atoms with Gasteiger partial charge in [0.05, 0.1) is 6.17 Å². The van der Waals surface area contributed by atoms with E-state index in [0.717, 1.165) is 10.0 Å². The normalized spacial score (nSPS) is 10.5. The molecule has 0 aliphatic carbocycles. The van der Waals surface area contributed by atoms with Crippen LogP contribution in [0, 0.1) is 0 Å². The van der Waals surface area contributed by atoms with Crippen molar-refractivity contribution in [3.8, 4) is 0 Å². The third kappa shape index (κ3) is 2.61. The molecule has 4 N–H and O–H groups in total. The molecule has 0 amide bonds. The predicted molar refractivity (Wildman–Crippen MR) is 50.0 cm³/mol. The van der Waals surface area contributed by atoms with E-state index < -0.39 is 0 Å². The van der Waals surface area contributed by atoms with Gasteiger partial charge in [-0.3, -0.25) is 0 Å². The molecule has 1 aromatic carbocycles. The zero-order valence-electron chi connectivity index (χ0n) is 6.13. The maximum atomic E-state index is 5.45. The van der Waals surface area contributed by atoms with E-state index in [-0.39, 0.29) is 6.17 Å². The van der Waals surface area contributed by atoms with Crippen LogP contribution in [0.2, 0.25) is 0 Å². The van der Waals surface area contributed by atoms with Crippen molar-refractivity contribution >= 4 is 15.9 Å². The molecular weight excluding hydrogens is 204 g/mol. The molecule has 0 unspecified atom stereocenters. The fourth-order valence-corrected chi connectivity index (χ4v) is 1.36. The minimum absolute atomic E-state index is 0.270. The Hall–Kier alpha value is -0.380. The number of nitrogens with two attached hydrogens (primary N) is 2. The van der Waals surface area contributed by atoms with Crippen molar-refractivity contribution in [2.45, 2.75) is 12.6 Å². The lowest BCUT2D eigenvalue weighted by Gasteiger charge is -2.06. The average Bonchev–Trinajstić information content (AvgIpc) is 1.93. The summed E-state index contributed by atoms with van der Waals surface area (Å²) in [6, 6.07) is 7.94. The first-order valence-electron chi connectivity index (χ1n) is 3.44. The molecule has 0 saturated heterocycles. The molecule has 2 nitrogen and oxygen atoms in total. The number of hydrogen-bond donors (Lipinski definition) is 2. The van der Waals surface area contributed by atoms with E-state index in [4.69, 9.17) is 11.5 Å². The lowest BCUT2D eigenvalue weighted by atomic mass is 10.1. The van der Waals surface area contributed by atoms with Gasteiger partial charge in [-0.1, -0.05) is 34.1 Å². The van der Waals surface area contributed by atoms with E-state index in [1.54, 1.807) is 0 Å². The predicted octanol–water partition coefficient (Wildman–Crippen LogP) is 1.24. The number of rotatable bonds is 2. The maximum absolute atomic E-state index is 5.45. The molecular formula is C8H11BrN2. The van der Waals surface area contributed by atoms with Crippen LogP contribution in [0.3, 0.4) is 0 Å². The topological polar surface area (TPSA) is 52.0 Å². The van der Waals surface area contributed by atoms with Gasteiger partial charge in [-0.15, -0.1) is 0 Å². The summed E-state index contributed by atoms with van der Waals surface area (Å²) in [6.45, 7) is 0. The molecule has 11 heavy (non-hydrogen) atoms. The summed E-state index contributed by atoms with van der Waals surface area (Å²) in [5.74, 6) is 0. The Labute approximate surface area is 74.7 Å². The molecule has 0 spiro atoms. The van der Waals surface area contributed by atoms with E-state index in [1.807, 2.05) is 24.3 Å². The van der Waals surface area contributed by atoms with Crippen LogP contribution in [0.15, 0.2) is 28.7 Å². The Kier molecular flexibility index (Phi) is 3.05. The standard InChI is InChI=1S/C8H11BrN2/c9-7-4-2-1-3-6(7)5-8(10)11/h1-4,8H,5,10-11H2. The molecule has 3 heteroatoms. The van der Waals surface area contributed by atoms with Gasteiger partial charge < -0.3 is 11.5 Å². The third-order valence-corrected chi connectivity index (χ3v) is 2.19. The van der Waals surface area contributed by atoms with Crippen molar-refractivity contribution in [3.05, 3.63) is 34.3 Å². The second-order valence-electron chi connectivity index (χ2n) is 2.46. The zero-order valence-corrected chi connectivity index (χ0v) is 7.71. The third-order valence-electron chi connectivity index (χ3n) is 1.41. The van der Waals surface area contributed by atoms with Crippen molar-refractivity contribution in [3.63, 3.8) is 0 Å². The number of halogens is 1. The summed E-state index contributed by atoms with van der Waals surface area (Å²) in [4.78, 5) is 0. The van der Waals surface area contributed by atoms with Crippen LogP contribution in [0.25, 0.3) is 0 Å². The van der Waals surface area contributed by atoms with Gasteiger partial charge in [-0.25, -0.2) is 0 Å². The van der Waals surface area contributed by atoms with Crippen LogP contribution in [-0.4, -0.2) is 6.17 Å². The Morgan fingerprint density at radius 2 is 1.91 bits per heavy atom. The zero-order chi connectivity index (χ0) is 8.27. The molecule has 1 rings (SSSR count). The average molecular weight is 215 g/mol. The summed E-state index contributed by atoms with van der Waals surface area (Å²) < 4.78 is 1.07. The van der Waals surface area contributed by atoms with Crippen LogP contribution >= 0.6 is 15.9 Å². The summed E-state index contributed by atoms with van der Waals surface area (Å²) in [7, 11) is 0. The highest BCUT2D eigenvalue weighted by Gasteiger charge is 2.00. The van der Waals surface area contributed by atoms with E-state index in [2.05, 4.69) is 15.9 Å². The van der Waals surface area contributed by atoms with Gasteiger partial charge >= 0.3 is 0 Å². The van der Waals surface area contributed by atoms with Crippen molar-refractivity contribution in [1.29, 1.82) is 0 Å². The summed E-state index contributed by atoms with van der Waals surface area (Å²) >= 11 is 3.41. The molecule has 0 aliphatic rings. The van der Waals surface area contributed by atoms with Gasteiger partial charge in [0.15, 0.2) is 0 Å². The largest absolute Gasteiger partial charge is 0.316 e. The lowest BCUT2D eigenvalue weighted by Crippen LogP contribution is -2.32. The van der Waals surface area contributed by atoms with E-state index in [9.17, 15) is 0 Å². The second-order valence-corrected chi connectivity index (χ2v) is 3.31. The fourth-order valence-electron chi connectivity index (χ4n) is 0.918. The van der Waals surface area contributed by atoms with Crippen molar-refractivity contribution in [2.24, 2.45) is 11.5 Å². The van der Waals surface area contributed by atoms with Crippen molar-refractivity contribution in [1.82, 2.24) is 0 Å². The first-order valence-corrected chi connectivity index (χ1v) is 4.24. The first kappa shape index (κ1) is 8.71. The second kappa shape index (κ2) is 3.85. The van der Waals surface area contributed by atoms with Gasteiger partial charge in [0, 0.05) is 10.9 Å². The molecule has 0 heterocycles. The quantitative estimate of drug-likeness (QED) is 0.729. The number of benzene rings is 1. The van der Waals surface area contributed by atoms with Crippen molar-refractivity contribution < 1.29 is 0 Å². The SMILES string of the molecule is NC(N)Cc1ccccc1Br. The Bertz CT molecular complexity index is 235. The van der Waals surface area contributed by atoms with Crippen LogP contribution < -0.4 is 11.5 Å². The maximum Gasteiger partial charge on any atom is 0.0562 e. The smallest absolute Gasteiger partial charge is 0.0562 e. The summed E-state index contributed by atoms with van der Waals surface area (Å²) in [5.41, 5.74) is 12.1. The Morgan fingerprint density at radius 1 is 1.27 bits per heavy atom. The Morgan fingerprint density at radius 3 is 2.45 bits per heavy atom. The molecule has 0 saturated carbocycles. The van der Waals surface area contributed by atoms with Crippen LogP contribution in [0.1, 0.15) is 5.56 Å². The van der Waals surface area contributed by atoms with Gasteiger partial charge in [0.1, 0.15) is 0 Å². The molecule has 0 fully saturated rings. The van der Waals surface area contributed by atoms with Gasteiger partial charge in [-0.05, 0) is 11.6 Å². The highest BCUT2D eigenvalue weighted by atomic mass is 79.9. The molecule has 0 bridgehead atoms. The minimum atomic E-state index is -0.270. The number of hydrogen-bond acceptors (Lipinski definition) is 2. The van der Waals surface area contributed by atoms with Crippen molar-refractivity contribution in [2.75, 3.05) is 0 Å². The fraction of sp³-hybridized carbons (Fsp3) is 0.250. The Balaban J connectivity index is 2.78. The van der Waals surface area contributed by atoms with E-state index in [1.165, 1.54) is 0 Å². The highest BCUT2D eigenvalue weighted by Crippen LogP contribution is 2.16.